The highest BCUT2D eigenvalue weighted by Gasteiger charge is 2.51. The standard InChI is InChI=1S/C14H26N2O2S/c1-11-8-15-14(3,12-4-5-12)9-16(11)13(2)6-7-19(17,18)10-13/h11-12,15H,4-10H2,1-3H3. The Morgan fingerprint density at radius 3 is 2.47 bits per heavy atom. The van der Waals surface area contributed by atoms with Crippen molar-refractivity contribution in [2.75, 3.05) is 24.6 Å². The van der Waals surface area contributed by atoms with Gasteiger partial charge in [0, 0.05) is 30.2 Å². The van der Waals surface area contributed by atoms with Gasteiger partial charge in [0.2, 0.25) is 0 Å². The lowest BCUT2D eigenvalue weighted by molar-refractivity contribution is 0.00832. The van der Waals surface area contributed by atoms with Gasteiger partial charge in [-0.3, -0.25) is 4.90 Å². The van der Waals surface area contributed by atoms with E-state index in [0.29, 0.717) is 17.5 Å². The molecule has 3 unspecified atom stereocenters. The lowest BCUT2D eigenvalue weighted by atomic mass is 9.86. The zero-order valence-corrected chi connectivity index (χ0v) is 13.1. The Morgan fingerprint density at radius 2 is 1.95 bits per heavy atom. The molecule has 1 N–H and O–H groups in total. The van der Waals surface area contributed by atoms with Crippen molar-refractivity contribution in [3.8, 4) is 0 Å². The summed E-state index contributed by atoms with van der Waals surface area (Å²) in [5, 5.41) is 3.71. The summed E-state index contributed by atoms with van der Waals surface area (Å²) in [5.74, 6) is 1.48. The van der Waals surface area contributed by atoms with E-state index >= 15 is 0 Å². The van der Waals surface area contributed by atoms with Crippen LogP contribution in [0.25, 0.3) is 0 Å². The Labute approximate surface area is 116 Å². The first-order valence-electron chi connectivity index (χ1n) is 7.46. The molecule has 1 aliphatic carbocycles. The summed E-state index contributed by atoms with van der Waals surface area (Å²) < 4.78 is 23.7. The van der Waals surface area contributed by atoms with E-state index in [0.717, 1.165) is 25.4 Å². The van der Waals surface area contributed by atoms with Gasteiger partial charge in [0.05, 0.1) is 11.5 Å². The number of hydrogen-bond donors (Lipinski definition) is 1. The van der Waals surface area contributed by atoms with Gasteiger partial charge < -0.3 is 5.32 Å². The largest absolute Gasteiger partial charge is 0.308 e. The van der Waals surface area contributed by atoms with Crippen LogP contribution in [0.1, 0.15) is 40.0 Å². The van der Waals surface area contributed by atoms with E-state index in [1.54, 1.807) is 0 Å². The number of hydrogen-bond acceptors (Lipinski definition) is 4. The third-order valence-electron chi connectivity index (χ3n) is 5.49. The monoisotopic (exact) mass is 286 g/mol. The molecular formula is C14H26N2O2S. The Balaban J connectivity index is 1.82. The molecule has 110 valence electrons. The van der Waals surface area contributed by atoms with Gasteiger partial charge in [0.1, 0.15) is 0 Å². The molecule has 5 heteroatoms. The van der Waals surface area contributed by atoms with Gasteiger partial charge in [0.15, 0.2) is 9.84 Å². The van der Waals surface area contributed by atoms with Gasteiger partial charge in [-0.05, 0) is 46.0 Å². The van der Waals surface area contributed by atoms with Crippen LogP contribution in [0.15, 0.2) is 0 Å². The zero-order valence-electron chi connectivity index (χ0n) is 12.3. The average Bonchev–Trinajstić information content (AvgIpc) is 3.11. The minimum absolute atomic E-state index is 0.156. The third kappa shape index (κ3) is 2.45. The average molecular weight is 286 g/mol. The first kappa shape index (κ1) is 13.8. The van der Waals surface area contributed by atoms with E-state index in [2.05, 4.69) is 31.0 Å². The summed E-state index contributed by atoms with van der Waals surface area (Å²) in [4.78, 5) is 2.48. The molecule has 2 aliphatic heterocycles. The smallest absolute Gasteiger partial charge is 0.152 e. The van der Waals surface area contributed by atoms with Gasteiger partial charge in [-0.1, -0.05) is 0 Å². The number of piperazine rings is 1. The maximum Gasteiger partial charge on any atom is 0.152 e. The Morgan fingerprint density at radius 1 is 1.26 bits per heavy atom. The fraction of sp³-hybridized carbons (Fsp3) is 1.00. The summed E-state index contributed by atoms with van der Waals surface area (Å²) in [6.45, 7) is 8.65. The van der Waals surface area contributed by atoms with Gasteiger partial charge in [-0.25, -0.2) is 8.42 Å². The van der Waals surface area contributed by atoms with E-state index in [1.807, 2.05) is 0 Å². The van der Waals surface area contributed by atoms with Crippen molar-refractivity contribution < 1.29 is 8.42 Å². The third-order valence-corrected chi connectivity index (χ3v) is 7.37. The quantitative estimate of drug-likeness (QED) is 0.823. The van der Waals surface area contributed by atoms with Crippen LogP contribution in [-0.2, 0) is 9.84 Å². The van der Waals surface area contributed by atoms with Crippen molar-refractivity contribution >= 4 is 9.84 Å². The molecule has 0 spiro atoms. The molecule has 2 heterocycles. The highest BCUT2D eigenvalue weighted by molar-refractivity contribution is 7.91. The lowest BCUT2D eigenvalue weighted by Crippen LogP contribution is -2.68. The van der Waals surface area contributed by atoms with Gasteiger partial charge in [-0.2, -0.15) is 0 Å². The van der Waals surface area contributed by atoms with Crippen LogP contribution in [0, 0.1) is 5.92 Å². The molecule has 0 radical (unpaired) electrons. The molecule has 19 heavy (non-hydrogen) atoms. The molecule has 4 nitrogen and oxygen atoms in total. The van der Waals surface area contributed by atoms with Crippen molar-refractivity contribution in [2.45, 2.75) is 57.2 Å². The minimum Gasteiger partial charge on any atom is -0.308 e. The predicted octanol–water partition coefficient (Wildman–Crippen LogP) is 1.03. The molecule has 3 aliphatic rings. The minimum atomic E-state index is -2.83. The number of sulfone groups is 1. The van der Waals surface area contributed by atoms with E-state index < -0.39 is 9.84 Å². The van der Waals surface area contributed by atoms with Gasteiger partial charge in [0.25, 0.3) is 0 Å². The van der Waals surface area contributed by atoms with Crippen LogP contribution < -0.4 is 5.32 Å². The van der Waals surface area contributed by atoms with Crippen LogP contribution >= 0.6 is 0 Å². The molecular weight excluding hydrogens is 260 g/mol. The van der Waals surface area contributed by atoms with Crippen molar-refractivity contribution in [1.29, 1.82) is 0 Å². The topological polar surface area (TPSA) is 49.4 Å². The van der Waals surface area contributed by atoms with Gasteiger partial charge >= 0.3 is 0 Å². The molecule has 2 saturated heterocycles. The van der Waals surface area contributed by atoms with E-state index in [1.165, 1.54) is 12.8 Å². The first-order chi connectivity index (χ1) is 8.74. The second-order valence-corrected chi connectivity index (χ2v) is 9.57. The summed E-state index contributed by atoms with van der Waals surface area (Å²) in [6.07, 6.45) is 3.43. The second kappa shape index (κ2) is 4.18. The maximum absolute atomic E-state index is 11.9. The Hall–Kier alpha value is -0.130. The summed E-state index contributed by atoms with van der Waals surface area (Å²) in [6, 6.07) is 0.421. The SMILES string of the molecule is CC1CNC(C)(C2CC2)CN1C1(C)CCS(=O)(=O)C1. The van der Waals surface area contributed by atoms with Crippen LogP contribution in [0.5, 0.6) is 0 Å². The Bertz CT molecular complexity index is 474. The van der Waals surface area contributed by atoms with Crippen LogP contribution in [0.4, 0.5) is 0 Å². The molecule has 0 aromatic carbocycles. The predicted molar refractivity (Wildman–Crippen MR) is 77.0 cm³/mol. The van der Waals surface area contributed by atoms with Crippen LogP contribution in [0.2, 0.25) is 0 Å². The highest BCUT2D eigenvalue weighted by atomic mass is 32.2. The number of nitrogens with zero attached hydrogens (tertiary/aromatic N) is 1. The maximum atomic E-state index is 11.9. The second-order valence-electron chi connectivity index (χ2n) is 7.39. The molecule has 1 saturated carbocycles. The van der Waals surface area contributed by atoms with E-state index in [9.17, 15) is 8.42 Å². The van der Waals surface area contributed by atoms with Crippen molar-refractivity contribution in [1.82, 2.24) is 10.2 Å². The Kier molecular flexibility index (Phi) is 3.05. The normalized spacial score (nSPS) is 47.4. The van der Waals surface area contributed by atoms with Crippen molar-refractivity contribution in [3.63, 3.8) is 0 Å². The molecule has 3 fully saturated rings. The molecule has 0 aromatic rings. The van der Waals surface area contributed by atoms with Crippen LogP contribution in [-0.4, -0.2) is 55.0 Å². The summed E-state index contributed by atoms with van der Waals surface area (Å²) in [7, 11) is -2.83. The van der Waals surface area contributed by atoms with Gasteiger partial charge in [-0.15, -0.1) is 0 Å². The molecule has 0 amide bonds. The molecule has 3 atom stereocenters. The van der Waals surface area contributed by atoms with E-state index in [-0.39, 0.29) is 11.1 Å². The lowest BCUT2D eigenvalue weighted by Gasteiger charge is -2.52. The molecule has 3 rings (SSSR count). The number of rotatable bonds is 2. The highest BCUT2D eigenvalue weighted by Crippen LogP contribution is 2.43. The van der Waals surface area contributed by atoms with Crippen molar-refractivity contribution in [3.05, 3.63) is 0 Å². The summed E-state index contributed by atoms with van der Waals surface area (Å²) >= 11 is 0. The van der Waals surface area contributed by atoms with Crippen LogP contribution in [0.3, 0.4) is 0 Å². The first-order valence-corrected chi connectivity index (χ1v) is 9.29. The van der Waals surface area contributed by atoms with Crippen molar-refractivity contribution in [2.24, 2.45) is 5.92 Å². The molecule has 0 bridgehead atoms. The number of nitrogens with one attached hydrogen (secondary N) is 1. The zero-order chi connectivity index (χ0) is 13.9. The fourth-order valence-corrected chi connectivity index (χ4v) is 6.15. The summed E-state index contributed by atoms with van der Waals surface area (Å²) in [5.41, 5.74) is 0.0262. The fourth-order valence-electron chi connectivity index (χ4n) is 3.99. The van der Waals surface area contributed by atoms with E-state index in [4.69, 9.17) is 0 Å². The molecule has 0 aromatic heterocycles.